The molecular formula is C18H27N5O8. The lowest BCUT2D eigenvalue weighted by Crippen LogP contribution is -2.58. The molecule has 0 aromatic carbocycles. The maximum atomic E-state index is 12.5. The Balaban J connectivity index is 1.92. The van der Waals surface area contributed by atoms with Crippen LogP contribution in [0.3, 0.4) is 0 Å². The van der Waals surface area contributed by atoms with Crippen LogP contribution in [0.25, 0.3) is 0 Å². The van der Waals surface area contributed by atoms with Crippen LogP contribution in [0.4, 0.5) is 0 Å². The van der Waals surface area contributed by atoms with Gasteiger partial charge in [-0.25, -0.2) is 9.89 Å². The van der Waals surface area contributed by atoms with Gasteiger partial charge in [-0.1, -0.05) is 0 Å². The Labute approximate surface area is 179 Å². The zero-order valence-electron chi connectivity index (χ0n) is 18.0. The number of carbonyl (C=O) groups is 4. The molecule has 6 atom stereocenters. The predicted molar refractivity (Wildman–Crippen MR) is 103 cm³/mol. The molecule has 3 heterocycles. The molecule has 0 radical (unpaired) electrons. The lowest BCUT2D eigenvalue weighted by Gasteiger charge is -2.34. The van der Waals surface area contributed by atoms with Gasteiger partial charge in [0.15, 0.2) is 18.4 Å². The highest BCUT2D eigenvalue weighted by atomic mass is 16.7. The van der Waals surface area contributed by atoms with Gasteiger partial charge < -0.3 is 23.8 Å². The average Bonchev–Trinajstić information content (AvgIpc) is 3.21. The van der Waals surface area contributed by atoms with Crippen molar-refractivity contribution in [2.45, 2.75) is 57.5 Å². The van der Waals surface area contributed by atoms with E-state index in [0.717, 1.165) is 0 Å². The van der Waals surface area contributed by atoms with Crippen LogP contribution in [0.15, 0.2) is 4.99 Å². The molecule has 2 N–H and O–H groups in total. The maximum absolute atomic E-state index is 12.5. The van der Waals surface area contributed by atoms with Crippen LogP contribution < -0.4 is 10.6 Å². The number of guanidine groups is 1. The number of amides is 1. The fourth-order valence-corrected chi connectivity index (χ4v) is 3.74. The van der Waals surface area contributed by atoms with Crippen LogP contribution in [-0.2, 0) is 38.1 Å². The van der Waals surface area contributed by atoms with Gasteiger partial charge in [-0.15, -0.1) is 0 Å². The smallest absolute Gasteiger partial charge is 0.303 e. The van der Waals surface area contributed by atoms with E-state index >= 15 is 0 Å². The molecule has 3 rings (SSSR count). The van der Waals surface area contributed by atoms with Crippen molar-refractivity contribution in [1.29, 1.82) is 0 Å². The van der Waals surface area contributed by atoms with Gasteiger partial charge in [-0.2, -0.15) is 0 Å². The average molecular weight is 441 g/mol. The monoisotopic (exact) mass is 441 g/mol. The highest BCUT2D eigenvalue weighted by Gasteiger charge is 2.56. The van der Waals surface area contributed by atoms with E-state index in [2.05, 4.69) is 15.6 Å². The van der Waals surface area contributed by atoms with E-state index in [9.17, 15) is 19.2 Å². The van der Waals surface area contributed by atoms with Gasteiger partial charge in [-0.05, 0) is 0 Å². The summed E-state index contributed by atoms with van der Waals surface area (Å²) in [5, 5.41) is 5.78. The summed E-state index contributed by atoms with van der Waals surface area (Å²) < 4.78 is 21.9. The minimum Gasteiger partial charge on any atom is -0.463 e. The molecule has 3 aliphatic heterocycles. The molecule has 0 aliphatic carbocycles. The van der Waals surface area contributed by atoms with Crippen molar-refractivity contribution in [1.82, 2.24) is 20.4 Å². The molecular weight excluding hydrogens is 414 g/mol. The van der Waals surface area contributed by atoms with E-state index in [1.807, 2.05) is 0 Å². The largest absolute Gasteiger partial charge is 0.463 e. The van der Waals surface area contributed by atoms with Crippen LogP contribution in [0.5, 0.6) is 0 Å². The lowest BCUT2D eigenvalue weighted by atomic mass is 10.1. The molecule has 2 saturated heterocycles. The summed E-state index contributed by atoms with van der Waals surface area (Å²) >= 11 is 0. The first-order chi connectivity index (χ1) is 14.6. The van der Waals surface area contributed by atoms with Crippen molar-refractivity contribution in [2.24, 2.45) is 4.99 Å². The van der Waals surface area contributed by atoms with Crippen LogP contribution in [0.2, 0.25) is 0 Å². The van der Waals surface area contributed by atoms with Gasteiger partial charge in [0.05, 0.1) is 6.67 Å². The van der Waals surface area contributed by atoms with Crippen molar-refractivity contribution >= 4 is 29.8 Å². The lowest BCUT2D eigenvalue weighted by molar-refractivity contribution is -0.168. The Morgan fingerprint density at radius 1 is 1.13 bits per heavy atom. The normalized spacial score (nSPS) is 32.5. The van der Waals surface area contributed by atoms with Crippen molar-refractivity contribution < 1.29 is 38.1 Å². The van der Waals surface area contributed by atoms with Gasteiger partial charge in [0.25, 0.3) is 0 Å². The molecule has 1 amide bonds. The number of aliphatic imine (C=N–C) groups is 1. The van der Waals surface area contributed by atoms with E-state index in [1.165, 1.54) is 20.8 Å². The molecule has 0 aromatic heterocycles. The predicted octanol–water partition coefficient (Wildman–Crippen LogP) is -2.26. The number of carbonyl (C=O) groups excluding carboxylic acids is 4. The molecule has 3 aliphatic rings. The summed E-state index contributed by atoms with van der Waals surface area (Å²) in [5.41, 5.74) is 0. The third kappa shape index (κ3) is 4.94. The van der Waals surface area contributed by atoms with Crippen LogP contribution in [-0.4, -0.2) is 104 Å². The number of esters is 3. The molecule has 172 valence electrons. The van der Waals surface area contributed by atoms with Gasteiger partial charge in [-0.3, -0.25) is 29.8 Å². The molecule has 31 heavy (non-hydrogen) atoms. The second kappa shape index (κ2) is 9.16. The molecule has 0 saturated carbocycles. The van der Waals surface area contributed by atoms with Crippen LogP contribution in [0, 0.1) is 0 Å². The van der Waals surface area contributed by atoms with E-state index in [0.29, 0.717) is 5.96 Å². The summed E-state index contributed by atoms with van der Waals surface area (Å²) in [6, 6.07) is -0.648. The molecule has 4 unspecified atom stereocenters. The first kappa shape index (κ1) is 22.9. The summed E-state index contributed by atoms with van der Waals surface area (Å²) in [4.78, 5) is 55.3. The van der Waals surface area contributed by atoms with Crippen molar-refractivity contribution in [3.8, 4) is 0 Å². The zero-order valence-corrected chi connectivity index (χ0v) is 18.0. The van der Waals surface area contributed by atoms with E-state index in [-0.39, 0.29) is 19.2 Å². The number of ether oxygens (including phenoxy) is 4. The molecule has 0 aromatic rings. The van der Waals surface area contributed by atoms with Gasteiger partial charge >= 0.3 is 17.9 Å². The van der Waals surface area contributed by atoms with Gasteiger partial charge in [0.1, 0.15) is 24.9 Å². The van der Waals surface area contributed by atoms with Crippen molar-refractivity contribution in [3.05, 3.63) is 0 Å². The molecule has 13 nitrogen and oxygen atoms in total. The van der Waals surface area contributed by atoms with Crippen molar-refractivity contribution in [3.63, 3.8) is 0 Å². The summed E-state index contributed by atoms with van der Waals surface area (Å²) in [6.45, 7) is 3.67. The number of hydrogen-bond donors (Lipinski definition) is 2. The van der Waals surface area contributed by atoms with E-state index in [1.54, 1.807) is 23.9 Å². The zero-order chi connectivity index (χ0) is 22.9. The number of rotatable bonds is 5. The van der Waals surface area contributed by atoms with Gasteiger partial charge in [0, 0.05) is 34.9 Å². The Morgan fingerprint density at radius 3 is 2.35 bits per heavy atom. The molecule has 2 fully saturated rings. The third-order valence-electron chi connectivity index (χ3n) is 4.99. The maximum Gasteiger partial charge on any atom is 0.303 e. The molecule has 0 bridgehead atoms. The van der Waals surface area contributed by atoms with E-state index < -0.39 is 54.7 Å². The first-order valence-electron chi connectivity index (χ1n) is 9.77. The standard InChI is InChI=1S/C18H27N5O8/c1-8(24)28-6-11-13(29-9(2)25)14(30-10(3)26)17(31-11)23-7-19-12-15(23)20-18(22(4)5)21-16(12)27/h11-15,17,19H,6-7H2,1-5H3,(H,20,21,27)/t11-,12?,13?,14?,15?,17-/m1/s1. The number of nitrogens with zero attached hydrogens (tertiary/aromatic N) is 3. The Bertz CT molecular complexity index is 787. The summed E-state index contributed by atoms with van der Waals surface area (Å²) in [6.07, 6.45) is -4.48. The number of hydrogen-bond acceptors (Lipinski definition) is 12. The Kier molecular flexibility index (Phi) is 6.77. The van der Waals surface area contributed by atoms with Crippen LogP contribution in [0.1, 0.15) is 20.8 Å². The van der Waals surface area contributed by atoms with Crippen molar-refractivity contribution in [2.75, 3.05) is 27.4 Å². The highest BCUT2D eigenvalue weighted by Crippen LogP contribution is 2.33. The summed E-state index contributed by atoms with van der Waals surface area (Å²) in [5.74, 6) is -1.64. The summed E-state index contributed by atoms with van der Waals surface area (Å²) in [7, 11) is 3.48. The molecule has 13 heteroatoms. The fraction of sp³-hybridized carbons (Fsp3) is 0.722. The fourth-order valence-electron chi connectivity index (χ4n) is 3.74. The highest BCUT2D eigenvalue weighted by molar-refractivity contribution is 6.01. The topological polar surface area (TPSA) is 148 Å². The Morgan fingerprint density at radius 2 is 1.77 bits per heavy atom. The number of nitrogens with one attached hydrogen (secondary N) is 2. The van der Waals surface area contributed by atoms with Gasteiger partial charge in [0.2, 0.25) is 11.9 Å². The Hall–Kier alpha value is -2.77. The minimum absolute atomic E-state index is 0.197. The third-order valence-corrected chi connectivity index (χ3v) is 4.99. The SMILES string of the molecule is CC(=O)OC[C@H]1O[C@@H](N2CNC3C(=O)NC(N(C)C)=NC32)C(OC(C)=O)C1OC(C)=O. The van der Waals surface area contributed by atoms with Crippen LogP contribution >= 0.6 is 0 Å². The molecule has 0 spiro atoms. The number of fused-ring (bicyclic) bond motifs is 1. The second-order valence-electron chi connectivity index (χ2n) is 7.62. The minimum atomic E-state index is -1.02. The van der Waals surface area contributed by atoms with E-state index in [4.69, 9.17) is 18.9 Å². The quantitative estimate of drug-likeness (QED) is 0.352. The first-order valence-corrected chi connectivity index (χ1v) is 9.77. The second-order valence-corrected chi connectivity index (χ2v) is 7.62.